The minimum atomic E-state index is -0.768. The van der Waals surface area contributed by atoms with Crippen molar-refractivity contribution < 1.29 is 28.6 Å². The molecule has 0 saturated heterocycles. The average molecular weight is 946 g/mol. The molecule has 0 amide bonds. The smallest absolute Gasteiger partial charge is 0.306 e. The van der Waals surface area contributed by atoms with Crippen molar-refractivity contribution in [2.45, 2.75) is 348 Å². The van der Waals surface area contributed by atoms with Crippen LogP contribution in [0.4, 0.5) is 0 Å². The number of rotatable bonds is 56. The lowest BCUT2D eigenvalue weighted by atomic mass is 10.0. The van der Waals surface area contributed by atoms with Crippen LogP contribution in [0.15, 0.2) is 12.2 Å². The number of esters is 3. The highest BCUT2D eigenvalue weighted by atomic mass is 16.6. The van der Waals surface area contributed by atoms with E-state index < -0.39 is 6.10 Å². The molecule has 0 aromatic heterocycles. The van der Waals surface area contributed by atoms with Crippen molar-refractivity contribution in [2.75, 3.05) is 13.2 Å². The van der Waals surface area contributed by atoms with Gasteiger partial charge in [-0.05, 0) is 44.9 Å². The molecule has 0 aromatic carbocycles. The van der Waals surface area contributed by atoms with Gasteiger partial charge in [0.15, 0.2) is 6.10 Å². The lowest BCUT2D eigenvalue weighted by Crippen LogP contribution is -2.30. The fourth-order valence-corrected chi connectivity index (χ4v) is 9.21. The molecule has 0 bridgehead atoms. The van der Waals surface area contributed by atoms with E-state index in [0.29, 0.717) is 19.3 Å². The highest BCUT2D eigenvalue weighted by Gasteiger charge is 2.19. The van der Waals surface area contributed by atoms with Crippen molar-refractivity contribution >= 4 is 17.9 Å². The van der Waals surface area contributed by atoms with E-state index in [-0.39, 0.29) is 31.1 Å². The summed E-state index contributed by atoms with van der Waals surface area (Å²) < 4.78 is 16.9. The van der Waals surface area contributed by atoms with Crippen LogP contribution in [0.2, 0.25) is 0 Å². The Morgan fingerprint density at radius 2 is 0.493 bits per heavy atom. The first kappa shape index (κ1) is 65.1. The Morgan fingerprint density at radius 1 is 0.284 bits per heavy atom. The minimum Gasteiger partial charge on any atom is -0.462 e. The van der Waals surface area contributed by atoms with Crippen LogP contribution in [0.25, 0.3) is 0 Å². The van der Waals surface area contributed by atoms with E-state index in [1.54, 1.807) is 0 Å². The Kier molecular flexibility index (Phi) is 55.2. The maximum absolute atomic E-state index is 12.9. The number of allylic oxidation sites excluding steroid dienone is 2. The van der Waals surface area contributed by atoms with E-state index in [1.807, 2.05) is 0 Å². The summed E-state index contributed by atoms with van der Waals surface area (Å²) >= 11 is 0. The van der Waals surface area contributed by atoms with Crippen LogP contribution in [-0.2, 0) is 28.6 Å². The van der Waals surface area contributed by atoms with Gasteiger partial charge in [0.2, 0.25) is 0 Å². The molecule has 0 aliphatic rings. The third kappa shape index (κ3) is 55.0. The third-order valence-corrected chi connectivity index (χ3v) is 13.8. The third-order valence-electron chi connectivity index (χ3n) is 13.8. The van der Waals surface area contributed by atoms with Crippen LogP contribution in [0.5, 0.6) is 0 Å². The van der Waals surface area contributed by atoms with Gasteiger partial charge in [-0.1, -0.05) is 290 Å². The lowest BCUT2D eigenvalue weighted by molar-refractivity contribution is -0.167. The molecule has 0 aliphatic carbocycles. The predicted molar refractivity (Wildman–Crippen MR) is 289 cm³/mol. The Bertz CT molecular complexity index is 1040. The molecule has 0 aromatic rings. The standard InChI is InChI=1S/C61H116O6/c1-4-7-10-13-16-19-22-25-27-28-29-30-31-32-34-37-40-43-46-49-52-55-61(64)67-58(56-65-59(62)53-50-47-44-41-38-35-24-21-18-15-12-9-6-3)57-66-60(63)54-51-48-45-42-39-36-33-26-23-20-17-14-11-8-5-2/h21,24,58H,4-20,22-23,25-57H2,1-3H3/b24-21-/t58-/m1/s1. The second-order valence-electron chi connectivity index (χ2n) is 20.6. The lowest BCUT2D eigenvalue weighted by Gasteiger charge is -2.18. The number of carbonyl (C=O) groups is 3. The molecule has 6 nitrogen and oxygen atoms in total. The molecule has 0 rings (SSSR count). The van der Waals surface area contributed by atoms with E-state index in [2.05, 4.69) is 32.9 Å². The van der Waals surface area contributed by atoms with Crippen LogP contribution < -0.4 is 0 Å². The fourth-order valence-electron chi connectivity index (χ4n) is 9.21. The van der Waals surface area contributed by atoms with E-state index in [0.717, 1.165) is 64.2 Å². The van der Waals surface area contributed by atoms with Gasteiger partial charge in [0, 0.05) is 19.3 Å². The molecule has 0 saturated carbocycles. The van der Waals surface area contributed by atoms with Gasteiger partial charge in [0.05, 0.1) is 0 Å². The van der Waals surface area contributed by atoms with Crippen LogP contribution in [0, 0.1) is 0 Å². The summed E-state index contributed by atoms with van der Waals surface area (Å²) in [6.07, 6.45) is 64.9. The average Bonchev–Trinajstić information content (AvgIpc) is 3.33. The first-order valence-corrected chi connectivity index (χ1v) is 30.2. The zero-order chi connectivity index (χ0) is 48.6. The van der Waals surface area contributed by atoms with E-state index >= 15 is 0 Å². The van der Waals surface area contributed by atoms with Gasteiger partial charge >= 0.3 is 17.9 Å². The SMILES string of the molecule is CCCCCC/C=C\CCCCCCCC(=O)OC[C@H](COC(=O)CCCCCCCCCCCCCCCCC)OC(=O)CCCCCCCCCCCCCCCCCCCCCCC. The Morgan fingerprint density at radius 3 is 0.761 bits per heavy atom. The maximum Gasteiger partial charge on any atom is 0.306 e. The number of ether oxygens (including phenoxy) is 3. The summed E-state index contributed by atoms with van der Waals surface area (Å²) in [5, 5.41) is 0. The normalized spacial score (nSPS) is 12.0. The number of hydrogen-bond acceptors (Lipinski definition) is 6. The zero-order valence-corrected chi connectivity index (χ0v) is 45.5. The maximum atomic E-state index is 12.9. The molecule has 0 heterocycles. The predicted octanol–water partition coefficient (Wildman–Crippen LogP) is 20.1. The van der Waals surface area contributed by atoms with Gasteiger partial charge in [0.25, 0.3) is 0 Å². The molecule has 67 heavy (non-hydrogen) atoms. The Labute approximate surface area is 418 Å². The highest BCUT2D eigenvalue weighted by molar-refractivity contribution is 5.71. The zero-order valence-electron chi connectivity index (χ0n) is 45.5. The first-order chi connectivity index (χ1) is 33.0. The molecule has 0 spiro atoms. The largest absolute Gasteiger partial charge is 0.462 e. The van der Waals surface area contributed by atoms with Crippen molar-refractivity contribution in [3.8, 4) is 0 Å². The minimum absolute atomic E-state index is 0.0664. The van der Waals surface area contributed by atoms with Crippen LogP contribution in [0.3, 0.4) is 0 Å². The van der Waals surface area contributed by atoms with Crippen molar-refractivity contribution in [2.24, 2.45) is 0 Å². The van der Waals surface area contributed by atoms with Gasteiger partial charge in [0.1, 0.15) is 13.2 Å². The molecule has 396 valence electrons. The van der Waals surface area contributed by atoms with Gasteiger partial charge in [-0.3, -0.25) is 14.4 Å². The number of unbranched alkanes of at least 4 members (excludes halogenated alkanes) is 43. The molecule has 0 aliphatic heterocycles. The number of hydrogen-bond donors (Lipinski definition) is 0. The summed E-state index contributed by atoms with van der Waals surface area (Å²) in [6.45, 7) is 6.68. The summed E-state index contributed by atoms with van der Waals surface area (Å²) in [5.41, 5.74) is 0. The van der Waals surface area contributed by atoms with Crippen molar-refractivity contribution in [1.29, 1.82) is 0 Å². The Balaban J connectivity index is 4.27. The van der Waals surface area contributed by atoms with Crippen LogP contribution in [0.1, 0.15) is 342 Å². The van der Waals surface area contributed by atoms with Crippen LogP contribution >= 0.6 is 0 Å². The van der Waals surface area contributed by atoms with Gasteiger partial charge in [-0.15, -0.1) is 0 Å². The first-order valence-electron chi connectivity index (χ1n) is 30.2. The highest BCUT2D eigenvalue weighted by Crippen LogP contribution is 2.18. The monoisotopic (exact) mass is 945 g/mol. The summed E-state index contributed by atoms with van der Waals surface area (Å²) in [7, 11) is 0. The van der Waals surface area contributed by atoms with Gasteiger partial charge in [-0.2, -0.15) is 0 Å². The van der Waals surface area contributed by atoms with Gasteiger partial charge in [-0.25, -0.2) is 0 Å². The van der Waals surface area contributed by atoms with Crippen molar-refractivity contribution in [1.82, 2.24) is 0 Å². The molecule has 0 radical (unpaired) electrons. The topological polar surface area (TPSA) is 78.9 Å². The van der Waals surface area contributed by atoms with Crippen molar-refractivity contribution in [3.63, 3.8) is 0 Å². The molecular weight excluding hydrogens is 829 g/mol. The molecule has 1 atom stereocenters. The van der Waals surface area contributed by atoms with E-state index in [4.69, 9.17) is 14.2 Å². The molecule has 0 fully saturated rings. The second-order valence-corrected chi connectivity index (χ2v) is 20.6. The molecule has 0 N–H and O–H groups in total. The summed E-state index contributed by atoms with van der Waals surface area (Å²) in [5.74, 6) is -0.849. The van der Waals surface area contributed by atoms with E-state index in [1.165, 1.54) is 238 Å². The van der Waals surface area contributed by atoms with Crippen molar-refractivity contribution in [3.05, 3.63) is 12.2 Å². The van der Waals surface area contributed by atoms with Crippen LogP contribution in [-0.4, -0.2) is 37.2 Å². The second kappa shape index (κ2) is 56.7. The molecule has 6 heteroatoms. The summed E-state index contributed by atoms with van der Waals surface area (Å²) in [4.78, 5) is 38.2. The number of carbonyl (C=O) groups excluding carboxylic acids is 3. The Hall–Kier alpha value is -1.85. The quantitative estimate of drug-likeness (QED) is 0.0262. The van der Waals surface area contributed by atoms with Gasteiger partial charge < -0.3 is 14.2 Å². The molecule has 0 unspecified atom stereocenters. The summed E-state index contributed by atoms with van der Waals surface area (Å²) in [6, 6.07) is 0. The fraction of sp³-hybridized carbons (Fsp3) is 0.918. The molecular formula is C61H116O6. The van der Waals surface area contributed by atoms with E-state index in [9.17, 15) is 14.4 Å².